The first kappa shape index (κ1) is 14.3. The van der Waals surface area contributed by atoms with Gasteiger partial charge in [0, 0.05) is 38.3 Å². The summed E-state index contributed by atoms with van der Waals surface area (Å²) in [6.45, 7) is 8.04. The topological polar surface area (TPSA) is 61.6 Å². The number of piperidine rings is 1. The third-order valence-electron chi connectivity index (χ3n) is 3.59. The quantitative estimate of drug-likeness (QED) is 0.736. The van der Waals surface area contributed by atoms with E-state index in [1.54, 1.807) is 4.90 Å². The second-order valence-corrected chi connectivity index (χ2v) is 5.13. The van der Waals surface area contributed by atoms with E-state index in [2.05, 4.69) is 31.1 Å². The van der Waals surface area contributed by atoms with Crippen molar-refractivity contribution in [1.29, 1.82) is 0 Å². The van der Waals surface area contributed by atoms with Gasteiger partial charge in [-0.2, -0.15) is 0 Å². The second-order valence-electron chi connectivity index (χ2n) is 5.13. The Labute approximate surface area is 104 Å². The van der Waals surface area contributed by atoms with E-state index in [4.69, 9.17) is 5.73 Å². The Bertz CT molecular complexity index is 237. The zero-order valence-electron chi connectivity index (χ0n) is 11.3. The molecule has 0 radical (unpaired) electrons. The van der Waals surface area contributed by atoms with Gasteiger partial charge in [0.25, 0.3) is 0 Å². The summed E-state index contributed by atoms with van der Waals surface area (Å²) in [6, 6.07) is 0.836. The number of hydrogen-bond acceptors (Lipinski definition) is 3. The van der Waals surface area contributed by atoms with Gasteiger partial charge in [-0.3, -0.25) is 0 Å². The number of likely N-dealkylation sites (tertiary alicyclic amines) is 1. The molecule has 0 aromatic rings. The Morgan fingerprint density at radius 1 is 1.47 bits per heavy atom. The van der Waals surface area contributed by atoms with Crippen molar-refractivity contribution in [3.63, 3.8) is 0 Å². The molecule has 100 valence electrons. The maximum atomic E-state index is 11.0. The molecular weight excluding hydrogens is 216 g/mol. The lowest BCUT2D eigenvalue weighted by molar-refractivity contribution is 0.183. The molecule has 0 aromatic carbocycles. The molecule has 2 amide bonds. The first-order chi connectivity index (χ1) is 8.00. The van der Waals surface area contributed by atoms with Crippen LogP contribution in [-0.4, -0.2) is 61.1 Å². The highest BCUT2D eigenvalue weighted by Crippen LogP contribution is 2.09. The lowest BCUT2D eigenvalue weighted by atomic mass is 10.1. The Morgan fingerprint density at radius 2 is 2.06 bits per heavy atom. The van der Waals surface area contributed by atoms with Crippen LogP contribution in [0.25, 0.3) is 0 Å². The third kappa shape index (κ3) is 4.91. The van der Waals surface area contributed by atoms with Gasteiger partial charge < -0.3 is 20.9 Å². The molecule has 0 aliphatic carbocycles. The molecule has 1 heterocycles. The molecule has 1 rings (SSSR count). The molecule has 1 saturated heterocycles. The summed E-state index contributed by atoms with van der Waals surface area (Å²) in [4.78, 5) is 15.0. The Morgan fingerprint density at radius 3 is 2.53 bits per heavy atom. The minimum absolute atomic E-state index is 0.289. The molecular formula is C12H26N4O. The minimum atomic E-state index is -0.289. The largest absolute Gasteiger partial charge is 0.351 e. The zero-order chi connectivity index (χ0) is 12.8. The molecule has 3 N–H and O–H groups in total. The van der Waals surface area contributed by atoms with E-state index in [0.29, 0.717) is 12.1 Å². The predicted octanol–water partition coefficient (Wildman–Crippen LogP) is 0.459. The fraction of sp³-hybridized carbons (Fsp3) is 0.917. The van der Waals surface area contributed by atoms with Crippen molar-refractivity contribution in [1.82, 2.24) is 15.1 Å². The smallest absolute Gasteiger partial charge is 0.314 e. The second kappa shape index (κ2) is 6.81. The number of nitrogens with two attached hydrogens (primary N) is 1. The molecule has 1 fully saturated rings. The monoisotopic (exact) mass is 242 g/mol. The number of carbonyl (C=O) groups is 1. The van der Waals surface area contributed by atoms with Crippen molar-refractivity contribution in [3.05, 3.63) is 0 Å². The Balaban J connectivity index is 2.12. The average molecular weight is 242 g/mol. The van der Waals surface area contributed by atoms with Crippen molar-refractivity contribution in [3.8, 4) is 0 Å². The summed E-state index contributed by atoms with van der Waals surface area (Å²) < 4.78 is 0. The van der Waals surface area contributed by atoms with E-state index < -0.39 is 0 Å². The van der Waals surface area contributed by atoms with Crippen LogP contribution in [0.4, 0.5) is 4.79 Å². The van der Waals surface area contributed by atoms with Crippen LogP contribution in [0.2, 0.25) is 0 Å². The average Bonchev–Trinajstić information content (AvgIpc) is 2.29. The molecule has 0 unspecified atom stereocenters. The predicted molar refractivity (Wildman–Crippen MR) is 69.9 cm³/mol. The molecule has 0 aromatic heterocycles. The number of nitrogens with zero attached hydrogens (tertiary/aromatic N) is 2. The number of hydrogen-bond donors (Lipinski definition) is 2. The van der Waals surface area contributed by atoms with Gasteiger partial charge in [0.1, 0.15) is 0 Å². The highest BCUT2D eigenvalue weighted by atomic mass is 16.2. The van der Waals surface area contributed by atoms with Crippen LogP contribution in [0.5, 0.6) is 0 Å². The summed E-state index contributed by atoms with van der Waals surface area (Å²) >= 11 is 0. The molecule has 0 spiro atoms. The van der Waals surface area contributed by atoms with Gasteiger partial charge in [-0.25, -0.2) is 4.79 Å². The van der Waals surface area contributed by atoms with E-state index in [-0.39, 0.29) is 6.03 Å². The number of likely N-dealkylation sites (N-methyl/N-ethyl adjacent to an activating group) is 1. The molecule has 0 bridgehead atoms. The number of urea groups is 1. The van der Waals surface area contributed by atoms with Crippen molar-refractivity contribution < 1.29 is 4.79 Å². The van der Waals surface area contributed by atoms with E-state index >= 15 is 0 Å². The van der Waals surface area contributed by atoms with E-state index in [1.165, 1.54) is 0 Å². The first-order valence-corrected chi connectivity index (χ1v) is 6.48. The number of rotatable bonds is 5. The number of amides is 2. The summed E-state index contributed by atoms with van der Waals surface area (Å²) in [5, 5.41) is 3.55. The van der Waals surface area contributed by atoms with Crippen molar-refractivity contribution in [2.75, 3.05) is 33.2 Å². The highest BCUT2D eigenvalue weighted by Gasteiger charge is 2.20. The van der Waals surface area contributed by atoms with E-state index in [0.717, 1.165) is 39.0 Å². The Hall–Kier alpha value is -0.810. The molecule has 0 saturated carbocycles. The molecule has 0 atom stereocenters. The maximum absolute atomic E-state index is 11.0. The van der Waals surface area contributed by atoms with Crippen LogP contribution >= 0.6 is 0 Å². The minimum Gasteiger partial charge on any atom is -0.351 e. The molecule has 5 heteroatoms. The van der Waals surface area contributed by atoms with Gasteiger partial charge in [0.15, 0.2) is 0 Å². The van der Waals surface area contributed by atoms with Crippen LogP contribution in [-0.2, 0) is 0 Å². The van der Waals surface area contributed by atoms with Gasteiger partial charge in [0.2, 0.25) is 0 Å². The van der Waals surface area contributed by atoms with Gasteiger partial charge in [-0.05, 0) is 33.7 Å². The molecule has 5 nitrogen and oxygen atoms in total. The van der Waals surface area contributed by atoms with Crippen LogP contribution in [0.1, 0.15) is 26.7 Å². The SMILES string of the molecule is CC(C)N(C)CCNC1CCN(C(N)=O)CC1. The number of primary amides is 1. The van der Waals surface area contributed by atoms with Crippen molar-refractivity contribution in [2.24, 2.45) is 5.73 Å². The molecule has 1 aliphatic heterocycles. The van der Waals surface area contributed by atoms with Crippen LogP contribution < -0.4 is 11.1 Å². The van der Waals surface area contributed by atoms with Gasteiger partial charge in [-0.15, -0.1) is 0 Å². The summed E-state index contributed by atoms with van der Waals surface area (Å²) in [5.74, 6) is 0. The van der Waals surface area contributed by atoms with Crippen LogP contribution in [0.3, 0.4) is 0 Å². The van der Waals surface area contributed by atoms with Crippen LogP contribution in [0, 0.1) is 0 Å². The first-order valence-electron chi connectivity index (χ1n) is 6.48. The number of carbonyl (C=O) groups excluding carboxylic acids is 1. The van der Waals surface area contributed by atoms with Gasteiger partial charge in [0.05, 0.1) is 0 Å². The highest BCUT2D eigenvalue weighted by molar-refractivity contribution is 5.72. The Kier molecular flexibility index (Phi) is 5.71. The molecule has 1 aliphatic rings. The standard InChI is InChI=1S/C12H26N4O/c1-10(2)15(3)9-6-14-11-4-7-16(8-5-11)12(13)17/h10-11,14H,4-9H2,1-3H3,(H2,13,17). The third-order valence-corrected chi connectivity index (χ3v) is 3.59. The lowest BCUT2D eigenvalue weighted by Crippen LogP contribution is -2.48. The van der Waals surface area contributed by atoms with Crippen molar-refractivity contribution in [2.45, 2.75) is 38.8 Å². The fourth-order valence-corrected chi connectivity index (χ4v) is 2.01. The van der Waals surface area contributed by atoms with Gasteiger partial charge in [-0.1, -0.05) is 0 Å². The zero-order valence-corrected chi connectivity index (χ0v) is 11.3. The van der Waals surface area contributed by atoms with Crippen LogP contribution in [0.15, 0.2) is 0 Å². The number of nitrogens with one attached hydrogen (secondary N) is 1. The lowest BCUT2D eigenvalue weighted by Gasteiger charge is -2.32. The maximum Gasteiger partial charge on any atom is 0.314 e. The van der Waals surface area contributed by atoms with Gasteiger partial charge >= 0.3 is 6.03 Å². The van der Waals surface area contributed by atoms with Crippen molar-refractivity contribution >= 4 is 6.03 Å². The summed E-state index contributed by atoms with van der Waals surface area (Å²) in [5.41, 5.74) is 5.25. The normalized spacial score (nSPS) is 18.1. The summed E-state index contributed by atoms with van der Waals surface area (Å²) in [7, 11) is 2.14. The van der Waals surface area contributed by atoms with E-state index in [9.17, 15) is 4.79 Å². The molecule has 17 heavy (non-hydrogen) atoms. The van der Waals surface area contributed by atoms with E-state index in [1.807, 2.05) is 0 Å². The summed E-state index contributed by atoms with van der Waals surface area (Å²) in [6.07, 6.45) is 2.02. The fourth-order valence-electron chi connectivity index (χ4n) is 2.01.